The number of benzene rings is 1. The number of alkyl carbamates (subject to hydrolysis) is 1. The van der Waals surface area contributed by atoms with Crippen molar-refractivity contribution >= 4 is 57.6 Å². The van der Waals surface area contributed by atoms with Crippen molar-refractivity contribution in [2.45, 2.75) is 95.0 Å². The molecule has 278 valence electrons. The van der Waals surface area contributed by atoms with Crippen LogP contribution in [0.15, 0.2) is 59.4 Å². The summed E-state index contributed by atoms with van der Waals surface area (Å²) in [5, 5.41) is 20.5. The van der Waals surface area contributed by atoms with Crippen LogP contribution in [0.1, 0.15) is 65.7 Å². The third-order valence-corrected chi connectivity index (χ3v) is 11.4. The quantitative estimate of drug-likeness (QED) is 0.192. The highest BCUT2D eigenvalue weighted by Crippen LogP contribution is 2.45. The lowest BCUT2D eigenvalue weighted by Gasteiger charge is -2.30. The first kappa shape index (κ1) is 36.5. The van der Waals surface area contributed by atoms with E-state index in [9.17, 15) is 24.3 Å². The molecule has 7 rings (SSSR count). The maximum absolute atomic E-state index is 14.4. The van der Waals surface area contributed by atoms with E-state index >= 15 is 0 Å². The molecule has 3 aliphatic rings. The predicted octanol–water partition coefficient (Wildman–Crippen LogP) is 6.20. The highest BCUT2D eigenvalue weighted by atomic mass is 32.1. The van der Waals surface area contributed by atoms with Gasteiger partial charge in [-0.25, -0.2) is 24.5 Å². The first-order valence-corrected chi connectivity index (χ1v) is 19.6. The van der Waals surface area contributed by atoms with Crippen LogP contribution in [-0.4, -0.2) is 84.7 Å². The van der Waals surface area contributed by atoms with Gasteiger partial charge in [-0.2, -0.15) is 0 Å². The van der Waals surface area contributed by atoms with Crippen LogP contribution in [0.2, 0.25) is 0 Å². The molecule has 2 fully saturated rings. The fraction of sp³-hybridized carbons (Fsp3) is 0.447. The van der Waals surface area contributed by atoms with Crippen molar-refractivity contribution in [1.82, 2.24) is 30.5 Å². The summed E-state index contributed by atoms with van der Waals surface area (Å²) < 4.78 is 12.1. The van der Waals surface area contributed by atoms with Crippen LogP contribution >= 0.6 is 22.7 Å². The lowest BCUT2D eigenvalue weighted by atomic mass is 10.0. The third kappa shape index (κ3) is 8.05. The fourth-order valence-electron chi connectivity index (χ4n) is 6.95. The Balaban J connectivity index is 1.21. The standard InChI is InChI=1S/C38H42N6O7S2/c1-37(2,3)51-36(49)42-26-11-8-6-4-5-7-10-23-20-38(23,35(47)48)43-31(45)28-19-24(21-44(28)34(26)46)50-32-30(29-12-9-16-52-29)40-27-18-22(13-14-25(27)41-32)33-39-15-17-53-33/h7,9-10,12-18,23-24,26,28H,4-6,8,11,19-21H2,1-3H3,(H,42,49)(H,43,45)(H,47,48)/b10-7-/t23?,24-,26-,28?,38?/m1/s1. The Kier molecular flexibility index (Phi) is 10.2. The summed E-state index contributed by atoms with van der Waals surface area (Å²) in [6.45, 7) is 5.22. The molecule has 53 heavy (non-hydrogen) atoms. The number of carbonyl (C=O) groups is 4. The number of aliphatic carboxylic acids is 1. The second-order valence-corrected chi connectivity index (χ2v) is 16.6. The lowest BCUT2D eigenvalue weighted by Crippen LogP contribution is -2.56. The normalized spacial score (nSPS) is 25.7. The van der Waals surface area contributed by atoms with Gasteiger partial charge in [0, 0.05) is 29.5 Å². The summed E-state index contributed by atoms with van der Waals surface area (Å²) in [6.07, 6.45) is 7.82. The summed E-state index contributed by atoms with van der Waals surface area (Å²) >= 11 is 3.01. The van der Waals surface area contributed by atoms with E-state index in [0.717, 1.165) is 34.7 Å². The molecule has 3 aromatic heterocycles. The van der Waals surface area contributed by atoms with Gasteiger partial charge < -0.3 is 30.1 Å². The summed E-state index contributed by atoms with van der Waals surface area (Å²) in [4.78, 5) is 70.5. The van der Waals surface area contributed by atoms with Crippen LogP contribution in [0.5, 0.6) is 5.88 Å². The number of rotatable bonds is 6. The van der Waals surface area contributed by atoms with Gasteiger partial charge >= 0.3 is 12.1 Å². The number of thiazole rings is 1. The first-order valence-electron chi connectivity index (χ1n) is 17.8. The van der Waals surface area contributed by atoms with Gasteiger partial charge in [0.15, 0.2) is 0 Å². The summed E-state index contributed by atoms with van der Waals surface area (Å²) in [5.41, 5.74) is 0.447. The van der Waals surface area contributed by atoms with Gasteiger partial charge in [0.05, 0.1) is 22.5 Å². The molecule has 4 aromatic rings. The largest absolute Gasteiger partial charge is 0.479 e. The van der Waals surface area contributed by atoms with Crippen LogP contribution in [-0.2, 0) is 19.1 Å². The Morgan fingerprint density at radius 3 is 2.66 bits per heavy atom. The molecule has 1 aliphatic carbocycles. The topological polar surface area (TPSA) is 173 Å². The van der Waals surface area contributed by atoms with Gasteiger partial charge in [0.25, 0.3) is 0 Å². The number of hydrogen-bond acceptors (Lipinski definition) is 11. The van der Waals surface area contributed by atoms with E-state index in [1.54, 1.807) is 27.0 Å². The van der Waals surface area contributed by atoms with Crippen LogP contribution in [0.3, 0.4) is 0 Å². The Labute approximate surface area is 314 Å². The number of thiophene rings is 1. The molecule has 5 heterocycles. The molecule has 3 N–H and O–H groups in total. The first-order chi connectivity index (χ1) is 25.4. The number of amides is 3. The third-order valence-electron chi connectivity index (χ3n) is 9.66. The zero-order valence-corrected chi connectivity index (χ0v) is 31.4. The zero-order chi connectivity index (χ0) is 37.3. The Morgan fingerprint density at radius 1 is 1.08 bits per heavy atom. The number of ether oxygens (including phenoxy) is 2. The molecular formula is C38H42N6O7S2. The van der Waals surface area contributed by atoms with E-state index in [1.165, 1.54) is 27.6 Å². The summed E-state index contributed by atoms with van der Waals surface area (Å²) in [6, 6.07) is 7.51. The number of aromatic nitrogens is 3. The lowest BCUT2D eigenvalue weighted by molar-refractivity contribution is -0.145. The smallest absolute Gasteiger partial charge is 0.408 e. The molecule has 5 atom stereocenters. The molecule has 15 heteroatoms. The van der Waals surface area contributed by atoms with Crippen LogP contribution in [0.4, 0.5) is 4.79 Å². The number of nitrogens with one attached hydrogen (secondary N) is 2. The number of carboxylic acid groups (broad SMARTS) is 1. The maximum Gasteiger partial charge on any atom is 0.408 e. The summed E-state index contributed by atoms with van der Waals surface area (Å²) in [5.74, 6) is -2.29. The van der Waals surface area contributed by atoms with E-state index in [-0.39, 0.29) is 31.2 Å². The average Bonchev–Trinajstić information content (AvgIpc) is 3.62. The van der Waals surface area contributed by atoms with Crippen LogP contribution in [0, 0.1) is 5.92 Å². The number of hydrogen-bond donors (Lipinski definition) is 3. The van der Waals surface area contributed by atoms with E-state index < -0.39 is 53.2 Å². The Morgan fingerprint density at radius 2 is 1.92 bits per heavy atom. The highest BCUT2D eigenvalue weighted by molar-refractivity contribution is 7.13. The molecule has 0 radical (unpaired) electrons. The van der Waals surface area contributed by atoms with Crippen molar-refractivity contribution < 1.29 is 33.8 Å². The van der Waals surface area contributed by atoms with E-state index in [4.69, 9.17) is 19.4 Å². The summed E-state index contributed by atoms with van der Waals surface area (Å²) in [7, 11) is 0. The van der Waals surface area contributed by atoms with Crippen molar-refractivity contribution in [3.05, 3.63) is 59.4 Å². The number of nitrogens with zero attached hydrogens (tertiary/aromatic N) is 4. The van der Waals surface area contributed by atoms with Gasteiger partial charge in [-0.1, -0.05) is 31.1 Å². The molecule has 3 unspecified atom stereocenters. The monoisotopic (exact) mass is 758 g/mol. The molecule has 1 saturated carbocycles. The molecule has 0 spiro atoms. The molecule has 3 amide bonds. The number of carbonyl (C=O) groups excluding carboxylic acids is 3. The van der Waals surface area contributed by atoms with Gasteiger partial charge in [-0.3, -0.25) is 9.59 Å². The maximum atomic E-state index is 14.4. The second kappa shape index (κ2) is 14.9. The van der Waals surface area contributed by atoms with Crippen molar-refractivity contribution in [3.63, 3.8) is 0 Å². The minimum atomic E-state index is -1.46. The number of fused-ring (bicyclic) bond motifs is 3. The minimum absolute atomic E-state index is 0.000591. The molecule has 1 saturated heterocycles. The van der Waals surface area contributed by atoms with Gasteiger partial charge in [0.1, 0.15) is 40.0 Å². The highest BCUT2D eigenvalue weighted by Gasteiger charge is 2.61. The zero-order valence-electron chi connectivity index (χ0n) is 29.7. The second-order valence-electron chi connectivity index (χ2n) is 14.7. The van der Waals surface area contributed by atoms with Crippen LogP contribution in [0.25, 0.3) is 32.2 Å². The van der Waals surface area contributed by atoms with Gasteiger partial charge in [-0.15, -0.1) is 22.7 Å². The van der Waals surface area contributed by atoms with Crippen molar-refractivity contribution in [3.8, 4) is 27.0 Å². The van der Waals surface area contributed by atoms with Gasteiger partial charge in [-0.05, 0) is 76.1 Å². The van der Waals surface area contributed by atoms with Gasteiger partial charge in [0.2, 0.25) is 17.7 Å². The number of carboxylic acids is 1. The van der Waals surface area contributed by atoms with Crippen molar-refractivity contribution in [2.24, 2.45) is 5.92 Å². The van der Waals surface area contributed by atoms with Crippen molar-refractivity contribution in [1.29, 1.82) is 0 Å². The SMILES string of the molecule is CC(C)(C)OC(=O)N[C@@H]1CCCCC/C=C\C2CC2(C(=O)O)NC(=O)C2C[C@@H](Oc3nc4ccc(-c5nccs5)cc4nc3-c3cccs3)CN2C1=O. The van der Waals surface area contributed by atoms with E-state index in [0.29, 0.717) is 29.6 Å². The minimum Gasteiger partial charge on any atom is -0.479 e. The fourth-order valence-corrected chi connectivity index (χ4v) is 8.29. The predicted molar refractivity (Wildman–Crippen MR) is 200 cm³/mol. The number of allylic oxidation sites excluding steroid dienone is 1. The van der Waals surface area contributed by atoms with E-state index in [1.807, 2.05) is 53.2 Å². The molecule has 1 aromatic carbocycles. The average molecular weight is 759 g/mol. The molecule has 13 nitrogen and oxygen atoms in total. The molecular weight excluding hydrogens is 717 g/mol. The van der Waals surface area contributed by atoms with Crippen molar-refractivity contribution in [2.75, 3.05) is 6.54 Å². The Hall–Kier alpha value is -4.89. The Bertz CT molecular complexity index is 2030. The van der Waals surface area contributed by atoms with E-state index in [2.05, 4.69) is 15.6 Å². The van der Waals surface area contributed by atoms with Crippen LogP contribution < -0.4 is 15.4 Å². The molecule has 2 aliphatic heterocycles. The molecule has 0 bridgehead atoms.